The van der Waals surface area contributed by atoms with Crippen molar-refractivity contribution in [3.8, 4) is 11.3 Å². The molecule has 6 rings (SSSR count). The summed E-state index contributed by atoms with van der Waals surface area (Å²) in [4.78, 5) is 2.37. The molecule has 1 aliphatic heterocycles. The Balaban J connectivity index is 1.29. The van der Waals surface area contributed by atoms with Crippen molar-refractivity contribution in [2.45, 2.75) is 31.7 Å². The summed E-state index contributed by atoms with van der Waals surface area (Å²) < 4.78 is 85.2. The predicted octanol–water partition coefficient (Wildman–Crippen LogP) is 7.87. The molecule has 1 saturated heterocycles. The normalized spacial score (nSPS) is 15.9. The minimum atomic E-state index is -4.69. The highest BCUT2D eigenvalue weighted by Gasteiger charge is 2.35. The Morgan fingerprint density at radius 1 is 0.833 bits per heavy atom. The molecule has 0 amide bonds. The van der Waals surface area contributed by atoms with Gasteiger partial charge in [-0.2, -0.15) is 18.3 Å². The average Bonchev–Trinajstić information content (AvgIpc) is 3.54. The third-order valence-corrected chi connectivity index (χ3v) is 7.54. The molecule has 1 fully saturated rings. The second kappa shape index (κ2) is 11.2. The number of likely N-dealkylation sites (tertiary alicyclic amines) is 1. The molecular weight excluding hydrogens is 554 g/mol. The zero-order chi connectivity index (χ0) is 29.4. The smallest absolute Gasteiger partial charge is 0.381 e. The van der Waals surface area contributed by atoms with E-state index in [0.29, 0.717) is 17.7 Å². The monoisotopic (exact) mass is 580 g/mol. The molecule has 0 aliphatic carbocycles. The van der Waals surface area contributed by atoms with Gasteiger partial charge in [-0.1, -0.05) is 54.6 Å². The number of alkyl halides is 3. The van der Waals surface area contributed by atoms with Crippen LogP contribution in [0, 0.1) is 17.5 Å². The Morgan fingerprint density at radius 3 is 2.24 bits per heavy atom. The van der Waals surface area contributed by atoms with Crippen LogP contribution in [0.4, 0.5) is 32.0 Å². The Bertz CT molecular complexity index is 1690. The van der Waals surface area contributed by atoms with Crippen molar-refractivity contribution in [3.05, 3.63) is 119 Å². The van der Waals surface area contributed by atoms with E-state index in [1.165, 1.54) is 17.7 Å². The minimum absolute atomic E-state index is 0.181. The third-order valence-electron chi connectivity index (χ3n) is 7.54. The van der Waals surface area contributed by atoms with E-state index in [0.717, 1.165) is 42.5 Å². The molecule has 0 radical (unpaired) electrons. The predicted molar refractivity (Wildman–Crippen MR) is 149 cm³/mol. The number of benzene rings is 4. The van der Waals surface area contributed by atoms with Crippen LogP contribution in [0.15, 0.2) is 84.9 Å². The van der Waals surface area contributed by atoms with Gasteiger partial charge in [-0.3, -0.25) is 9.58 Å². The van der Waals surface area contributed by atoms with Crippen LogP contribution in [0.5, 0.6) is 0 Å². The number of rotatable bonds is 7. The lowest BCUT2D eigenvalue weighted by atomic mass is 10.0. The second-order valence-electron chi connectivity index (χ2n) is 10.5. The fourth-order valence-electron chi connectivity index (χ4n) is 5.57. The molecule has 5 aromatic rings. The summed E-state index contributed by atoms with van der Waals surface area (Å²) in [7, 11) is 0. The molecule has 216 valence electrons. The molecule has 0 spiro atoms. The van der Waals surface area contributed by atoms with Gasteiger partial charge in [-0.15, -0.1) is 0 Å². The first kappa shape index (κ1) is 27.8. The Hall–Kier alpha value is -4.31. The number of hydrogen-bond acceptors (Lipinski definition) is 3. The molecular formula is C32H26F6N4. The maximum atomic E-state index is 14.5. The summed E-state index contributed by atoms with van der Waals surface area (Å²) in [5, 5.41) is 7.86. The van der Waals surface area contributed by atoms with Gasteiger partial charge in [0.05, 0.1) is 17.8 Å². The van der Waals surface area contributed by atoms with Crippen LogP contribution < -0.4 is 5.32 Å². The number of nitrogens with zero attached hydrogens (tertiary/aromatic N) is 3. The van der Waals surface area contributed by atoms with Crippen LogP contribution >= 0.6 is 0 Å². The molecule has 2 heterocycles. The highest BCUT2D eigenvalue weighted by atomic mass is 19.4. The number of halogens is 6. The minimum Gasteiger partial charge on any atom is -0.381 e. The molecule has 1 N–H and O–H groups in total. The maximum absolute atomic E-state index is 14.5. The fourth-order valence-corrected chi connectivity index (χ4v) is 5.57. The van der Waals surface area contributed by atoms with Crippen LogP contribution in [0.3, 0.4) is 0 Å². The SMILES string of the molecule is Fc1cc(F)c(Cn2nc3c(C(F)(F)F)cccc3c2-c2ccc(N[C@H]3CCN(Cc4ccccc4)C3)cc2)c(F)c1. The van der Waals surface area contributed by atoms with E-state index in [9.17, 15) is 26.3 Å². The van der Waals surface area contributed by atoms with Gasteiger partial charge in [0.2, 0.25) is 0 Å². The molecule has 0 bridgehead atoms. The second-order valence-corrected chi connectivity index (χ2v) is 10.5. The van der Waals surface area contributed by atoms with E-state index >= 15 is 0 Å². The number of nitrogens with one attached hydrogen (secondary N) is 1. The number of aromatic nitrogens is 2. The van der Waals surface area contributed by atoms with Crippen molar-refractivity contribution in [1.82, 2.24) is 14.7 Å². The van der Waals surface area contributed by atoms with Gasteiger partial charge >= 0.3 is 6.18 Å². The zero-order valence-electron chi connectivity index (χ0n) is 22.3. The highest BCUT2D eigenvalue weighted by Crippen LogP contribution is 2.38. The Labute approximate surface area is 238 Å². The van der Waals surface area contributed by atoms with Gasteiger partial charge in [0, 0.05) is 60.0 Å². The number of fused-ring (bicyclic) bond motifs is 1. The van der Waals surface area contributed by atoms with Gasteiger partial charge in [0.1, 0.15) is 23.0 Å². The van der Waals surface area contributed by atoms with E-state index in [-0.39, 0.29) is 22.6 Å². The van der Waals surface area contributed by atoms with Gasteiger partial charge in [-0.05, 0) is 30.2 Å². The maximum Gasteiger partial charge on any atom is 0.418 e. The number of hydrogen-bond donors (Lipinski definition) is 1. The van der Waals surface area contributed by atoms with Crippen LogP contribution in [0.2, 0.25) is 0 Å². The van der Waals surface area contributed by atoms with Crippen molar-refractivity contribution in [2.75, 3.05) is 18.4 Å². The van der Waals surface area contributed by atoms with Crippen molar-refractivity contribution in [1.29, 1.82) is 0 Å². The summed E-state index contributed by atoms with van der Waals surface area (Å²) in [5.41, 5.74) is 1.07. The summed E-state index contributed by atoms with van der Waals surface area (Å²) in [6.07, 6.45) is -3.73. The fraction of sp³-hybridized carbons (Fsp3) is 0.219. The molecule has 0 unspecified atom stereocenters. The summed E-state index contributed by atoms with van der Waals surface area (Å²) in [6, 6.07) is 22.3. The third kappa shape index (κ3) is 5.72. The average molecular weight is 581 g/mol. The Kier molecular flexibility index (Phi) is 7.40. The first-order valence-corrected chi connectivity index (χ1v) is 13.5. The van der Waals surface area contributed by atoms with E-state index < -0.39 is 41.3 Å². The first-order chi connectivity index (χ1) is 20.2. The molecule has 42 heavy (non-hydrogen) atoms. The van der Waals surface area contributed by atoms with Crippen LogP contribution in [-0.4, -0.2) is 33.8 Å². The van der Waals surface area contributed by atoms with E-state index in [4.69, 9.17) is 0 Å². The molecule has 1 atom stereocenters. The largest absolute Gasteiger partial charge is 0.418 e. The lowest BCUT2D eigenvalue weighted by Gasteiger charge is -2.18. The molecule has 1 aromatic heterocycles. The highest BCUT2D eigenvalue weighted by molar-refractivity contribution is 5.95. The van der Waals surface area contributed by atoms with Crippen molar-refractivity contribution in [3.63, 3.8) is 0 Å². The lowest BCUT2D eigenvalue weighted by Crippen LogP contribution is -2.25. The lowest BCUT2D eigenvalue weighted by molar-refractivity contribution is -0.136. The van der Waals surface area contributed by atoms with Crippen LogP contribution in [0.1, 0.15) is 23.1 Å². The molecule has 10 heteroatoms. The summed E-state index contributed by atoms with van der Waals surface area (Å²) in [6.45, 7) is 2.15. The standard InChI is InChI=1S/C32H26F6N4/c33-22-15-28(34)26(29(35)16-22)19-42-31(25-7-4-8-27(30(25)40-42)32(36,37)38)21-9-11-23(12-10-21)39-24-13-14-41(18-24)17-20-5-2-1-3-6-20/h1-12,15-16,24,39H,13-14,17-19H2/t24-/m0/s1. The molecule has 0 saturated carbocycles. The summed E-state index contributed by atoms with van der Waals surface area (Å²) >= 11 is 0. The van der Waals surface area contributed by atoms with Gasteiger partial charge in [0.25, 0.3) is 0 Å². The number of anilines is 1. The first-order valence-electron chi connectivity index (χ1n) is 13.5. The topological polar surface area (TPSA) is 33.1 Å². The van der Waals surface area contributed by atoms with Crippen molar-refractivity contribution < 1.29 is 26.3 Å². The molecule has 4 nitrogen and oxygen atoms in total. The van der Waals surface area contributed by atoms with E-state index in [1.54, 1.807) is 12.1 Å². The van der Waals surface area contributed by atoms with Crippen LogP contribution in [0.25, 0.3) is 22.2 Å². The van der Waals surface area contributed by atoms with Crippen molar-refractivity contribution in [2.24, 2.45) is 0 Å². The zero-order valence-corrected chi connectivity index (χ0v) is 22.3. The van der Waals surface area contributed by atoms with Gasteiger partial charge < -0.3 is 5.32 Å². The van der Waals surface area contributed by atoms with Crippen LogP contribution in [-0.2, 0) is 19.3 Å². The van der Waals surface area contributed by atoms with Crippen molar-refractivity contribution >= 4 is 16.6 Å². The molecule has 1 aliphatic rings. The quantitative estimate of drug-likeness (QED) is 0.199. The van der Waals surface area contributed by atoms with Gasteiger partial charge in [-0.25, -0.2) is 13.2 Å². The summed E-state index contributed by atoms with van der Waals surface area (Å²) in [5.74, 6) is -3.38. The van der Waals surface area contributed by atoms with E-state index in [1.807, 2.05) is 30.3 Å². The van der Waals surface area contributed by atoms with Gasteiger partial charge in [0.15, 0.2) is 0 Å². The molecule has 4 aromatic carbocycles. The Morgan fingerprint density at radius 2 is 1.55 bits per heavy atom. The van der Waals surface area contributed by atoms with E-state index in [2.05, 4.69) is 27.4 Å².